The fraction of sp³-hybridized carbons (Fsp3) is 0.500. The van der Waals surface area contributed by atoms with Gasteiger partial charge in [0.25, 0.3) is 0 Å². The average molecular weight is 309 g/mol. The number of carbonyl (C=O) groups excluding carboxylic acids is 1. The van der Waals surface area contributed by atoms with E-state index in [0.717, 1.165) is 0 Å². The van der Waals surface area contributed by atoms with Crippen LogP contribution in [0.4, 0.5) is 4.39 Å². The van der Waals surface area contributed by atoms with Crippen LogP contribution in [0.5, 0.6) is 0 Å². The maximum absolute atomic E-state index is 13.5. The number of hydrogen-bond donors (Lipinski definition) is 2. The summed E-state index contributed by atoms with van der Waals surface area (Å²) in [4.78, 5) is 23.1. The predicted molar refractivity (Wildman–Crippen MR) is 78.0 cm³/mol. The van der Waals surface area contributed by atoms with Gasteiger partial charge in [-0.2, -0.15) is 0 Å². The van der Waals surface area contributed by atoms with E-state index in [1.165, 1.54) is 12.1 Å². The lowest BCUT2D eigenvalue weighted by molar-refractivity contribution is -0.137. The van der Waals surface area contributed by atoms with Crippen LogP contribution >= 0.6 is 0 Å². The molecule has 0 atom stereocenters. The Morgan fingerprint density at radius 3 is 2.68 bits per heavy atom. The average Bonchev–Trinajstić information content (AvgIpc) is 2.52. The normalized spacial score (nSPS) is 17.0. The van der Waals surface area contributed by atoms with Gasteiger partial charge in [-0.05, 0) is 37.0 Å². The van der Waals surface area contributed by atoms with Gasteiger partial charge in [-0.3, -0.25) is 9.59 Å². The van der Waals surface area contributed by atoms with Crippen molar-refractivity contribution in [2.45, 2.75) is 31.1 Å². The molecule has 2 rings (SSSR count). The molecule has 1 fully saturated rings. The highest BCUT2D eigenvalue weighted by atomic mass is 19.1. The minimum atomic E-state index is -0.889. The maximum atomic E-state index is 13.5. The standard InChI is InChI=1S/C16H20FNO4/c17-13-4-1-3-12(11-13)16(6-9-22-10-7-16)15(21)18-8-2-5-14(19)20/h1,3-4,11H,2,5-10H2,(H,18,21)(H,19,20). The summed E-state index contributed by atoms with van der Waals surface area (Å²) < 4.78 is 18.9. The van der Waals surface area contributed by atoms with E-state index >= 15 is 0 Å². The second-order valence-electron chi connectivity index (χ2n) is 5.46. The molecule has 0 radical (unpaired) electrons. The van der Waals surface area contributed by atoms with Crippen LogP contribution in [-0.4, -0.2) is 36.7 Å². The quantitative estimate of drug-likeness (QED) is 0.786. The first-order chi connectivity index (χ1) is 10.5. The Labute approximate surface area is 128 Å². The Morgan fingerprint density at radius 1 is 1.32 bits per heavy atom. The molecule has 6 heteroatoms. The molecule has 120 valence electrons. The highest BCUT2D eigenvalue weighted by Gasteiger charge is 2.41. The number of hydrogen-bond acceptors (Lipinski definition) is 3. The third-order valence-corrected chi connectivity index (χ3v) is 4.01. The highest BCUT2D eigenvalue weighted by molar-refractivity contribution is 5.88. The van der Waals surface area contributed by atoms with E-state index in [4.69, 9.17) is 9.84 Å². The molecule has 22 heavy (non-hydrogen) atoms. The fourth-order valence-corrected chi connectivity index (χ4v) is 2.76. The van der Waals surface area contributed by atoms with Crippen LogP contribution < -0.4 is 5.32 Å². The van der Waals surface area contributed by atoms with Gasteiger partial charge >= 0.3 is 5.97 Å². The van der Waals surface area contributed by atoms with Gasteiger partial charge in [0.1, 0.15) is 5.82 Å². The van der Waals surface area contributed by atoms with E-state index < -0.39 is 11.4 Å². The summed E-state index contributed by atoms with van der Waals surface area (Å²) >= 11 is 0. The lowest BCUT2D eigenvalue weighted by Gasteiger charge is -2.36. The summed E-state index contributed by atoms with van der Waals surface area (Å²) in [5.41, 5.74) is -0.157. The zero-order chi connectivity index (χ0) is 16.0. The number of aliphatic carboxylic acids is 1. The van der Waals surface area contributed by atoms with Gasteiger partial charge in [-0.1, -0.05) is 12.1 Å². The Bertz CT molecular complexity index is 541. The van der Waals surface area contributed by atoms with E-state index in [1.54, 1.807) is 12.1 Å². The number of ether oxygens (including phenoxy) is 1. The van der Waals surface area contributed by atoms with Gasteiger partial charge in [-0.15, -0.1) is 0 Å². The molecule has 1 aromatic carbocycles. The fourth-order valence-electron chi connectivity index (χ4n) is 2.76. The minimum Gasteiger partial charge on any atom is -0.481 e. The van der Waals surface area contributed by atoms with Crippen molar-refractivity contribution in [1.82, 2.24) is 5.32 Å². The van der Waals surface area contributed by atoms with Gasteiger partial charge in [0.05, 0.1) is 5.41 Å². The van der Waals surface area contributed by atoms with Gasteiger partial charge in [0.15, 0.2) is 0 Å². The largest absolute Gasteiger partial charge is 0.481 e. The van der Waals surface area contributed by atoms with Crippen LogP contribution in [0.25, 0.3) is 0 Å². The monoisotopic (exact) mass is 309 g/mol. The number of rotatable bonds is 6. The summed E-state index contributed by atoms with van der Waals surface area (Å²) in [6.07, 6.45) is 1.36. The van der Waals surface area contributed by atoms with Crippen LogP contribution in [0.2, 0.25) is 0 Å². The van der Waals surface area contributed by atoms with Gasteiger partial charge in [0.2, 0.25) is 5.91 Å². The number of benzene rings is 1. The molecule has 1 saturated heterocycles. The first-order valence-corrected chi connectivity index (χ1v) is 7.38. The SMILES string of the molecule is O=C(O)CCCNC(=O)C1(c2cccc(F)c2)CCOCC1. The number of carbonyl (C=O) groups is 2. The third-order valence-electron chi connectivity index (χ3n) is 4.01. The molecule has 1 amide bonds. The Hall–Kier alpha value is -1.95. The van der Waals surface area contributed by atoms with Crippen LogP contribution in [0.1, 0.15) is 31.2 Å². The number of halogens is 1. The van der Waals surface area contributed by atoms with E-state index in [2.05, 4.69) is 5.32 Å². The number of amides is 1. The molecule has 0 unspecified atom stereocenters. The van der Waals surface area contributed by atoms with Crippen molar-refractivity contribution in [3.05, 3.63) is 35.6 Å². The van der Waals surface area contributed by atoms with Crippen molar-refractivity contribution < 1.29 is 23.8 Å². The Kier molecular flexibility index (Phi) is 5.49. The number of carboxylic acids is 1. The van der Waals surface area contributed by atoms with E-state index in [9.17, 15) is 14.0 Å². The van der Waals surface area contributed by atoms with Crippen molar-refractivity contribution in [3.8, 4) is 0 Å². The van der Waals surface area contributed by atoms with Gasteiger partial charge in [-0.25, -0.2) is 4.39 Å². The molecular formula is C16H20FNO4. The van der Waals surface area contributed by atoms with E-state index in [0.29, 0.717) is 44.6 Å². The number of carboxylic acid groups (broad SMARTS) is 1. The molecule has 0 bridgehead atoms. The Balaban J connectivity index is 2.11. The molecule has 0 saturated carbocycles. The first kappa shape index (κ1) is 16.4. The highest BCUT2D eigenvalue weighted by Crippen LogP contribution is 2.35. The molecule has 0 aromatic heterocycles. The number of nitrogens with one attached hydrogen (secondary N) is 1. The zero-order valence-electron chi connectivity index (χ0n) is 12.3. The Morgan fingerprint density at radius 2 is 2.05 bits per heavy atom. The molecule has 1 aliphatic rings. The first-order valence-electron chi connectivity index (χ1n) is 7.38. The molecule has 0 aliphatic carbocycles. The third kappa shape index (κ3) is 3.82. The maximum Gasteiger partial charge on any atom is 0.303 e. The van der Waals surface area contributed by atoms with Gasteiger partial charge < -0.3 is 15.2 Å². The lowest BCUT2D eigenvalue weighted by Crippen LogP contribution is -2.48. The predicted octanol–water partition coefficient (Wildman–Crippen LogP) is 1.85. The van der Waals surface area contributed by atoms with Crippen LogP contribution in [-0.2, 0) is 19.7 Å². The van der Waals surface area contributed by atoms with E-state index in [-0.39, 0.29) is 18.1 Å². The molecule has 2 N–H and O–H groups in total. The lowest BCUT2D eigenvalue weighted by atomic mass is 9.73. The zero-order valence-corrected chi connectivity index (χ0v) is 12.3. The van der Waals surface area contributed by atoms with Crippen LogP contribution in [0.3, 0.4) is 0 Å². The van der Waals surface area contributed by atoms with E-state index in [1.807, 2.05) is 0 Å². The minimum absolute atomic E-state index is 0.0103. The second kappa shape index (κ2) is 7.35. The summed E-state index contributed by atoms with van der Waals surface area (Å²) in [6.45, 7) is 1.18. The van der Waals surface area contributed by atoms with Crippen molar-refractivity contribution in [2.24, 2.45) is 0 Å². The van der Waals surface area contributed by atoms with Crippen molar-refractivity contribution >= 4 is 11.9 Å². The molecular weight excluding hydrogens is 289 g/mol. The van der Waals surface area contributed by atoms with Crippen molar-refractivity contribution in [3.63, 3.8) is 0 Å². The van der Waals surface area contributed by atoms with Crippen LogP contribution in [0.15, 0.2) is 24.3 Å². The topological polar surface area (TPSA) is 75.6 Å². The molecule has 1 heterocycles. The summed E-state index contributed by atoms with van der Waals surface area (Å²) in [6, 6.07) is 6.09. The summed E-state index contributed by atoms with van der Waals surface area (Å²) in [7, 11) is 0. The smallest absolute Gasteiger partial charge is 0.303 e. The van der Waals surface area contributed by atoms with Crippen molar-refractivity contribution in [2.75, 3.05) is 19.8 Å². The second-order valence-corrected chi connectivity index (χ2v) is 5.46. The van der Waals surface area contributed by atoms with Crippen molar-refractivity contribution in [1.29, 1.82) is 0 Å². The van der Waals surface area contributed by atoms with Crippen LogP contribution in [0, 0.1) is 5.82 Å². The summed E-state index contributed by atoms with van der Waals surface area (Å²) in [5, 5.41) is 11.4. The molecule has 1 aliphatic heterocycles. The molecule has 1 aromatic rings. The molecule has 0 spiro atoms. The van der Waals surface area contributed by atoms with Gasteiger partial charge in [0, 0.05) is 26.2 Å². The summed E-state index contributed by atoms with van der Waals surface area (Å²) in [5.74, 6) is -1.45. The molecule has 5 nitrogen and oxygen atoms in total.